The Morgan fingerprint density at radius 3 is 2.75 bits per heavy atom. The minimum absolute atomic E-state index is 0.238. The lowest BCUT2D eigenvalue weighted by Gasteiger charge is -2.29. The molecule has 2 heterocycles. The van der Waals surface area contributed by atoms with E-state index in [1.165, 1.54) is 12.8 Å². The molecule has 0 atom stereocenters. The zero-order valence-electron chi connectivity index (χ0n) is 9.41. The van der Waals surface area contributed by atoms with Gasteiger partial charge in [0.15, 0.2) is 5.76 Å². The molecule has 3 nitrogen and oxygen atoms in total. The normalized spacial score (nSPS) is 18.9. The summed E-state index contributed by atoms with van der Waals surface area (Å²) in [4.78, 5) is 13.2. The summed E-state index contributed by atoms with van der Waals surface area (Å²) in [7, 11) is 0. The molecule has 0 radical (unpaired) electrons. The molecule has 0 spiro atoms. The summed E-state index contributed by atoms with van der Waals surface area (Å²) in [6.45, 7) is 5.27. The van der Waals surface area contributed by atoms with Crippen LogP contribution in [0.5, 0.6) is 0 Å². The highest BCUT2D eigenvalue weighted by Gasteiger charge is 2.17. The van der Waals surface area contributed by atoms with Gasteiger partial charge in [0.25, 0.3) is 5.24 Å². The van der Waals surface area contributed by atoms with Crippen LogP contribution < -0.4 is 0 Å². The van der Waals surface area contributed by atoms with E-state index in [4.69, 9.17) is 16.0 Å². The Kier molecular flexibility index (Phi) is 3.66. The van der Waals surface area contributed by atoms with Crippen molar-refractivity contribution in [3.8, 4) is 0 Å². The molecule has 0 aromatic carbocycles. The summed E-state index contributed by atoms with van der Waals surface area (Å²) in [6, 6.07) is 3.46. The number of likely N-dealkylation sites (tertiary alicyclic amines) is 1. The molecule has 0 aliphatic carbocycles. The second kappa shape index (κ2) is 5.02. The zero-order chi connectivity index (χ0) is 11.5. The molecular formula is C12H16ClNO2. The molecule has 0 amide bonds. The maximum absolute atomic E-state index is 10.9. The Bertz CT molecular complexity index is 367. The molecule has 0 unspecified atom stereocenters. The van der Waals surface area contributed by atoms with Gasteiger partial charge in [-0.3, -0.25) is 9.69 Å². The Morgan fingerprint density at radius 2 is 2.19 bits per heavy atom. The van der Waals surface area contributed by atoms with E-state index >= 15 is 0 Å². The Balaban J connectivity index is 1.91. The van der Waals surface area contributed by atoms with Gasteiger partial charge in [-0.15, -0.1) is 0 Å². The molecule has 1 aromatic rings. The molecule has 88 valence electrons. The summed E-state index contributed by atoms with van der Waals surface area (Å²) in [6.07, 6.45) is 2.48. The van der Waals surface area contributed by atoms with Crippen LogP contribution in [0.2, 0.25) is 0 Å². The lowest BCUT2D eigenvalue weighted by molar-refractivity contribution is 0.105. The van der Waals surface area contributed by atoms with Gasteiger partial charge in [0.05, 0.1) is 6.54 Å². The fourth-order valence-corrected chi connectivity index (χ4v) is 2.11. The number of piperidine rings is 1. The molecule has 1 aromatic heterocycles. The fraction of sp³-hybridized carbons (Fsp3) is 0.583. The number of carbonyl (C=O) groups excluding carboxylic acids is 1. The number of carbonyl (C=O) groups is 1. The van der Waals surface area contributed by atoms with Gasteiger partial charge in [0, 0.05) is 0 Å². The van der Waals surface area contributed by atoms with E-state index in [-0.39, 0.29) is 5.76 Å². The van der Waals surface area contributed by atoms with Crippen molar-refractivity contribution < 1.29 is 9.21 Å². The topological polar surface area (TPSA) is 33.5 Å². The third-order valence-electron chi connectivity index (χ3n) is 3.11. The van der Waals surface area contributed by atoms with Crippen LogP contribution in [0, 0.1) is 5.92 Å². The average Bonchev–Trinajstić information content (AvgIpc) is 2.70. The molecule has 16 heavy (non-hydrogen) atoms. The van der Waals surface area contributed by atoms with Crippen molar-refractivity contribution in [2.45, 2.75) is 26.3 Å². The highest BCUT2D eigenvalue weighted by atomic mass is 35.5. The number of hydrogen-bond acceptors (Lipinski definition) is 3. The lowest BCUT2D eigenvalue weighted by Crippen LogP contribution is -2.32. The first-order valence-electron chi connectivity index (χ1n) is 5.66. The van der Waals surface area contributed by atoms with Crippen LogP contribution in [0.15, 0.2) is 16.5 Å². The van der Waals surface area contributed by atoms with Gasteiger partial charge >= 0.3 is 0 Å². The molecule has 4 heteroatoms. The van der Waals surface area contributed by atoms with E-state index in [9.17, 15) is 4.79 Å². The Morgan fingerprint density at radius 1 is 1.50 bits per heavy atom. The van der Waals surface area contributed by atoms with Crippen molar-refractivity contribution in [1.29, 1.82) is 0 Å². The van der Waals surface area contributed by atoms with Gasteiger partial charge in [-0.1, -0.05) is 6.92 Å². The van der Waals surface area contributed by atoms with E-state index < -0.39 is 5.24 Å². The van der Waals surface area contributed by atoms with Crippen molar-refractivity contribution in [2.24, 2.45) is 5.92 Å². The van der Waals surface area contributed by atoms with E-state index in [0.717, 1.165) is 31.3 Å². The van der Waals surface area contributed by atoms with Crippen LogP contribution in [-0.4, -0.2) is 23.2 Å². The average molecular weight is 242 g/mol. The van der Waals surface area contributed by atoms with Crippen LogP contribution in [0.3, 0.4) is 0 Å². The van der Waals surface area contributed by atoms with E-state index in [2.05, 4.69) is 11.8 Å². The van der Waals surface area contributed by atoms with Gasteiger partial charge < -0.3 is 4.42 Å². The van der Waals surface area contributed by atoms with E-state index in [1.807, 2.05) is 6.07 Å². The maximum atomic E-state index is 10.9. The van der Waals surface area contributed by atoms with E-state index in [0.29, 0.717) is 0 Å². The number of hydrogen-bond donors (Lipinski definition) is 0. The lowest BCUT2D eigenvalue weighted by atomic mass is 9.99. The van der Waals surface area contributed by atoms with Gasteiger partial charge in [0.2, 0.25) is 0 Å². The molecule has 1 aliphatic rings. The number of halogens is 1. The smallest absolute Gasteiger partial charge is 0.287 e. The largest absolute Gasteiger partial charge is 0.455 e. The number of rotatable bonds is 3. The summed E-state index contributed by atoms with van der Waals surface area (Å²) in [5.41, 5.74) is 0. The van der Waals surface area contributed by atoms with Crippen LogP contribution in [-0.2, 0) is 6.54 Å². The predicted octanol–water partition coefficient (Wildman–Crippen LogP) is 2.89. The Labute approximate surface area is 100 Å². The molecule has 1 saturated heterocycles. The zero-order valence-corrected chi connectivity index (χ0v) is 10.2. The van der Waals surface area contributed by atoms with Crippen molar-refractivity contribution >= 4 is 16.8 Å². The SMILES string of the molecule is CC1CCN(Cc2ccc(C(=O)Cl)o2)CC1. The van der Waals surface area contributed by atoms with Gasteiger partial charge in [-0.2, -0.15) is 0 Å². The molecular weight excluding hydrogens is 226 g/mol. The van der Waals surface area contributed by atoms with Crippen molar-refractivity contribution in [2.75, 3.05) is 13.1 Å². The van der Waals surface area contributed by atoms with Gasteiger partial charge in [0.1, 0.15) is 5.76 Å². The van der Waals surface area contributed by atoms with Gasteiger partial charge in [-0.05, 0) is 55.6 Å². The van der Waals surface area contributed by atoms with Crippen LogP contribution in [0.1, 0.15) is 36.1 Å². The predicted molar refractivity (Wildman–Crippen MR) is 62.6 cm³/mol. The minimum atomic E-state index is -0.529. The number of furan rings is 1. The maximum Gasteiger partial charge on any atom is 0.287 e. The summed E-state index contributed by atoms with van der Waals surface area (Å²) < 4.78 is 5.35. The van der Waals surface area contributed by atoms with Gasteiger partial charge in [-0.25, -0.2) is 0 Å². The minimum Gasteiger partial charge on any atom is -0.455 e. The molecule has 0 N–H and O–H groups in total. The van der Waals surface area contributed by atoms with Crippen molar-refractivity contribution in [3.05, 3.63) is 23.7 Å². The first kappa shape index (κ1) is 11.7. The standard InChI is InChI=1S/C12H16ClNO2/c1-9-4-6-14(7-5-9)8-10-2-3-11(16-10)12(13)15/h2-3,9H,4-8H2,1H3. The van der Waals surface area contributed by atoms with Crippen LogP contribution >= 0.6 is 11.6 Å². The van der Waals surface area contributed by atoms with Crippen LogP contribution in [0.25, 0.3) is 0 Å². The summed E-state index contributed by atoms with van der Waals surface area (Å²) in [5.74, 6) is 1.88. The monoisotopic (exact) mass is 241 g/mol. The Hall–Kier alpha value is -0.800. The molecule has 0 bridgehead atoms. The van der Waals surface area contributed by atoms with E-state index in [1.54, 1.807) is 6.07 Å². The van der Waals surface area contributed by atoms with Crippen LogP contribution in [0.4, 0.5) is 0 Å². The quantitative estimate of drug-likeness (QED) is 0.763. The third-order valence-corrected chi connectivity index (χ3v) is 3.30. The fourth-order valence-electron chi connectivity index (χ4n) is 2.01. The highest BCUT2D eigenvalue weighted by Crippen LogP contribution is 2.19. The molecule has 0 saturated carbocycles. The van der Waals surface area contributed by atoms with Crippen molar-refractivity contribution in [3.63, 3.8) is 0 Å². The number of nitrogens with zero attached hydrogens (tertiary/aromatic N) is 1. The first-order chi connectivity index (χ1) is 7.65. The molecule has 2 rings (SSSR count). The molecule has 1 fully saturated rings. The second-order valence-electron chi connectivity index (χ2n) is 4.50. The van der Waals surface area contributed by atoms with Crippen molar-refractivity contribution in [1.82, 2.24) is 4.90 Å². The molecule has 1 aliphatic heterocycles. The highest BCUT2D eigenvalue weighted by molar-refractivity contribution is 6.67. The summed E-state index contributed by atoms with van der Waals surface area (Å²) >= 11 is 5.33. The third kappa shape index (κ3) is 2.86. The summed E-state index contributed by atoms with van der Waals surface area (Å²) in [5, 5.41) is -0.529. The first-order valence-corrected chi connectivity index (χ1v) is 6.04. The second-order valence-corrected chi connectivity index (χ2v) is 4.84.